The molecular weight excluding hydrogens is 162 g/mol. The van der Waals surface area contributed by atoms with Crippen molar-refractivity contribution in [1.82, 2.24) is 4.90 Å². The highest BCUT2D eigenvalue weighted by atomic mass is 16.1. The van der Waals surface area contributed by atoms with E-state index in [0.717, 1.165) is 25.9 Å². The van der Waals surface area contributed by atoms with Crippen molar-refractivity contribution >= 4 is 5.78 Å². The van der Waals surface area contributed by atoms with E-state index in [0.29, 0.717) is 17.2 Å². The normalized spacial score (nSPS) is 21.6. The van der Waals surface area contributed by atoms with Crippen LogP contribution in [0.4, 0.5) is 0 Å². The number of hydrogen-bond donors (Lipinski definition) is 0. The molecule has 0 aromatic heterocycles. The van der Waals surface area contributed by atoms with Gasteiger partial charge in [-0.25, -0.2) is 0 Å². The van der Waals surface area contributed by atoms with Gasteiger partial charge >= 0.3 is 0 Å². The first-order valence-electron chi connectivity index (χ1n) is 5.22. The number of likely N-dealkylation sites (tertiary alicyclic amines) is 1. The summed E-state index contributed by atoms with van der Waals surface area (Å²) in [7, 11) is 0. The molecule has 1 aliphatic rings. The van der Waals surface area contributed by atoms with Gasteiger partial charge in [-0.1, -0.05) is 6.92 Å². The lowest BCUT2D eigenvalue weighted by atomic mass is 9.73. The molecule has 2 nitrogen and oxygen atoms in total. The number of rotatable bonds is 4. The first kappa shape index (κ1) is 10.7. The molecule has 1 aliphatic heterocycles. The molecule has 0 N–H and O–H groups in total. The van der Waals surface area contributed by atoms with Gasteiger partial charge in [0.2, 0.25) is 0 Å². The van der Waals surface area contributed by atoms with Gasteiger partial charge in [0.1, 0.15) is 5.78 Å². The number of hydrogen-bond acceptors (Lipinski definition) is 2. The van der Waals surface area contributed by atoms with Gasteiger partial charge in [0.15, 0.2) is 0 Å². The van der Waals surface area contributed by atoms with Crippen molar-refractivity contribution in [2.24, 2.45) is 5.41 Å². The van der Waals surface area contributed by atoms with E-state index >= 15 is 0 Å². The summed E-state index contributed by atoms with van der Waals surface area (Å²) < 4.78 is 0. The topological polar surface area (TPSA) is 20.3 Å². The standard InChI is InChI=1S/C11H21NO/c1-5-11(6-10(4)13)7-12(8-11)9(2)3/h9H,5-8H2,1-4H3. The van der Waals surface area contributed by atoms with Crippen LogP contribution in [-0.4, -0.2) is 29.8 Å². The van der Waals surface area contributed by atoms with Gasteiger partial charge < -0.3 is 4.79 Å². The maximum Gasteiger partial charge on any atom is 0.130 e. The van der Waals surface area contributed by atoms with Crippen molar-refractivity contribution in [2.75, 3.05) is 13.1 Å². The van der Waals surface area contributed by atoms with Gasteiger partial charge in [0, 0.05) is 31.0 Å². The van der Waals surface area contributed by atoms with Crippen molar-refractivity contribution in [3.63, 3.8) is 0 Å². The molecule has 0 unspecified atom stereocenters. The van der Waals surface area contributed by atoms with Crippen LogP contribution in [0.3, 0.4) is 0 Å². The molecule has 2 heteroatoms. The van der Waals surface area contributed by atoms with E-state index in [4.69, 9.17) is 0 Å². The molecule has 1 fully saturated rings. The Morgan fingerprint density at radius 1 is 1.46 bits per heavy atom. The van der Waals surface area contributed by atoms with Crippen molar-refractivity contribution < 1.29 is 4.79 Å². The van der Waals surface area contributed by atoms with Crippen molar-refractivity contribution in [1.29, 1.82) is 0 Å². The minimum atomic E-state index is 0.316. The average Bonchev–Trinajstić information content (AvgIpc) is 1.94. The quantitative estimate of drug-likeness (QED) is 0.665. The summed E-state index contributed by atoms with van der Waals surface area (Å²) >= 11 is 0. The van der Waals surface area contributed by atoms with E-state index in [1.54, 1.807) is 6.92 Å². The van der Waals surface area contributed by atoms with E-state index in [1.165, 1.54) is 0 Å². The van der Waals surface area contributed by atoms with Gasteiger partial charge in [-0.3, -0.25) is 4.90 Å². The highest BCUT2D eigenvalue weighted by Crippen LogP contribution is 2.38. The molecule has 0 radical (unpaired) electrons. The third kappa shape index (κ3) is 2.31. The minimum Gasteiger partial charge on any atom is -0.300 e. The largest absolute Gasteiger partial charge is 0.300 e. The summed E-state index contributed by atoms with van der Waals surface area (Å²) in [4.78, 5) is 13.5. The van der Waals surface area contributed by atoms with E-state index < -0.39 is 0 Å². The predicted molar refractivity (Wildman–Crippen MR) is 54.7 cm³/mol. The molecule has 0 saturated carbocycles. The second-order valence-corrected chi connectivity index (χ2v) is 4.73. The Hall–Kier alpha value is -0.370. The second-order valence-electron chi connectivity index (χ2n) is 4.73. The Labute approximate surface area is 81.3 Å². The van der Waals surface area contributed by atoms with Crippen molar-refractivity contribution in [2.45, 2.75) is 46.6 Å². The van der Waals surface area contributed by atoms with Crippen LogP contribution in [0.1, 0.15) is 40.5 Å². The number of ketones is 1. The zero-order chi connectivity index (χ0) is 10.1. The smallest absolute Gasteiger partial charge is 0.130 e. The minimum absolute atomic E-state index is 0.316. The molecule has 0 atom stereocenters. The molecule has 0 amide bonds. The first-order chi connectivity index (χ1) is 5.99. The molecule has 1 saturated heterocycles. The summed E-state index contributed by atoms with van der Waals surface area (Å²) in [6, 6.07) is 0.631. The van der Waals surface area contributed by atoms with Gasteiger partial charge in [-0.05, 0) is 27.2 Å². The van der Waals surface area contributed by atoms with Crippen LogP contribution < -0.4 is 0 Å². The number of carbonyl (C=O) groups is 1. The van der Waals surface area contributed by atoms with E-state index in [2.05, 4.69) is 25.7 Å². The summed E-state index contributed by atoms with van der Waals surface area (Å²) in [5, 5.41) is 0. The summed E-state index contributed by atoms with van der Waals surface area (Å²) in [5.41, 5.74) is 0.316. The molecule has 0 spiro atoms. The maximum absolute atomic E-state index is 11.1. The van der Waals surface area contributed by atoms with Gasteiger partial charge in [-0.15, -0.1) is 0 Å². The van der Waals surface area contributed by atoms with E-state index in [-0.39, 0.29) is 0 Å². The summed E-state index contributed by atoms with van der Waals surface area (Å²) in [6.45, 7) is 10.6. The SMILES string of the molecule is CCC1(CC(C)=O)CN(C(C)C)C1. The molecule has 1 heterocycles. The zero-order valence-electron chi connectivity index (χ0n) is 9.26. The molecule has 1 rings (SSSR count). The van der Waals surface area contributed by atoms with Crippen molar-refractivity contribution in [3.8, 4) is 0 Å². The van der Waals surface area contributed by atoms with Crippen LogP contribution in [0.15, 0.2) is 0 Å². The van der Waals surface area contributed by atoms with E-state index in [1.807, 2.05) is 0 Å². The molecule has 76 valence electrons. The highest BCUT2D eigenvalue weighted by Gasteiger charge is 2.42. The molecule has 0 bridgehead atoms. The van der Waals surface area contributed by atoms with Crippen LogP contribution >= 0.6 is 0 Å². The fraction of sp³-hybridized carbons (Fsp3) is 0.909. The van der Waals surface area contributed by atoms with Crippen LogP contribution in [0, 0.1) is 5.41 Å². The zero-order valence-corrected chi connectivity index (χ0v) is 9.26. The van der Waals surface area contributed by atoms with Crippen LogP contribution in [0.25, 0.3) is 0 Å². The molecule has 0 aliphatic carbocycles. The van der Waals surface area contributed by atoms with Gasteiger partial charge in [-0.2, -0.15) is 0 Å². The Bertz CT molecular complexity index is 192. The average molecular weight is 183 g/mol. The predicted octanol–water partition coefficient (Wildman–Crippen LogP) is 2.09. The van der Waals surface area contributed by atoms with E-state index in [9.17, 15) is 4.79 Å². The maximum atomic E-state index is 11.1. The highest BCUT2D eigenvalue weighted by molar-refractivity contribution is 5.76. The second kappa shape index (κ2) is 3.79. The lowest BCUT2D eigenvalue weighted by Crippen LogP contribution is -2.58. The number of nitrogens with zero attached hydrogens (tertiary/aromatic N) is 1. The Morgan fingerprint density at radius 3 is 2.31 bits per heavy atom. The monoisotopic (exact) mass is 183 g/mol. The fourth-order valence-electron chi connectivity index (χ4n) is 2.17. The number of Topliss-reactive ketones (excluding diaryl/α,β-unsaturated/α-hetero) is 1. The fourth-order valence-corrected chi connectivity index (χ4v) is 2.17. The summed E-state index contributed by atoms with van der Waals surface area (Å²) in [5.74, 6) is 0.338. The molecule has 0 aromatic carbocycles. The lowest BCUT2D eigenvalue weighted by molar-refractivity contribution is -0.124. The van der Waals surface area contributed by atoms with Gasteiger partial charge in [0.05, 0.1) is 0 Å². The molecule has 13 heavy (non-hydrogen) atoms. The van der Waals surface area contributed by atoms with Crippen molar-refractivity contribution in [3.05, 3.63) is 0 Å². The van der Waals surface area contributed by atoms with Gasteiger partial charge in [0.25, 0.3) is 0 Å². The van der Waals surface area contributed by atoms with Crippen LogP contribution in [0.2, 0.25) is 0 Å². The lowest BCUT2D eigenvalue weighted by Gasteiger charge is -2.51. The third-order valence-electron chi connectivity index (χ3n) is 3.18. The van der Waals surface area contributed by atoms with Crippen LogP contribution in [-0.2, 0) is 4.79 Å². The Balaban J connectivity index is 2.45. The molecule has 0 aromatic rings. The Kier molecular flexibility index (Phi) is 3.12. The summed E-state index contributed by atoms with van der Waals surface area (Å²) in [6.07, 6.45) is 1.91. The third-order valence-corrected chi connectivity index (χ3v) is 3.18. The van der Waals surface area contributed by atoms with Crippen LogP contribution in [0.5, 0.6) is 0 Å². The number of carbonyl (C=O) groups excluding carboxylic acids is 1. The Morgan fingerprint density at radius 2 is 2.00 bits per heavy atom. The molecular formula is C11H21NO. The first-order valence-corrected chi connectivity index (χ1v) is 5.22.